The molecule has 0 atom stereocenters. The van der Waals surface area contributed by atoms with Crippen LogP contribution in [0.5, 0.6) is 0 Å². The lowest BCUT2D eigenvalue weighted by Gasteiger charge is -2.04. The molecule has 68 valence electrons. The van der Waals surface area contributed by atoms with E-state index in [2.05, 4.69) is 16.9 Å². The Morgan fingerprint density at radius 3 is 2.77 bits per heavy atom. The smallest absolute Gasteiger partial charge is 0.264 e. The summed E-state index contributed by atoms with van der Waals surface area (Å²) in [5, 5.41) is 3.15. The summed E-state index contributed by atoms with van der Waals surface area (Å²) >= 11 is 5.61. The topological polar surface area (TPSA) is 68.0 Å². The SMILES string of the molecule is C=C(Nc1ccc(Cl)cn1)C(N)=O. The number of nitrogens with two attached hydrogens (primary N) is 1. The molecular formula is C8H8ClN3O. The molecule has 1 rings (SSSR count). The quantitative estimate of drug-likeness (QED) is 0.715. The standard InChI is InChI=1S/C8H8ClN3O/c1-5(8(10)13)12-7-3-2-6(9)4-11-7/h2-4H,1H2,(H2,10,13)(H,11,12). The number of hydrogen-bond acceptors (Lipinski definition) is 3. The third-order valence-electron chi connectivity index (χ3n) is 1.30. The van der Waals surface area contributed by atoms with Gasteiger partial charge in [-0.2, -0.15) is 0 Å². The van der Waals surface area contributed by atoms with Crippen LogP contribution in [0.4, 0.5) is 5.82 Å². The van der Waals surface area contributed by atoms with Crippen LogP contribution in [0, 0.1) is 0 Å². The zero-order chi connectivity index (χ0) is 9.84. The Kier molecular flexibility index (Phi) is 2.87. The van der Waals surface area contributed by atoms with Gasteiger partial charge in [-0.1, -0.05) is 18.2 Å². The fourth-order valence-corrected chi connectivity index (χ4v) is 0.778. The second-order valence-corrected chi connectivity index (χ2v) is 2.77. The Labute approximate surface area is 80.4 Å². The first-order valence-electron chi connectivity index (χ1n) is 3.47. The Bertz CT molecular complexity index is 334. The summed E-state index contributed by atoms with van der Waals surface area (Å²) in [4.78, 5) is 14.5. The number of anilines is 1. The number of pyridine rings is 1. The van der Waals surface area contributed by atoms with Crippen LogP contribution >= 0.6 is 11.6 Å². The molecule has 0 aromatic carbocycles. The van der Waals surface area contributed by atoms with Gasteiger partial charge in [-0.15, -0.1) is 0 Å². The van der Waals surface area contributed by atoms with Crippen molar-refractivity contribution in [1.82, 2.24) is 4.98 Å². The monoisotopic (exact) mass is 197 g/mol. The first-order chi connectivity index (χ1) is 6.09. The van der Waals surface area contributed by atoms with Gasteiger partial charge in [-0.05, 0) is 12.1 Å². The van der Waals surface area contributed by atoms with Crippen molar-refractivity contribution in [3.05, 3.63) is 35.6 Å². The van der Waals surface area contributed by atoms with E-state index in [0.29, 0.717) is 10.8 Å². The van der Waals surface area contributed by atoms with Gasteiger partial charge in [0, 0.05) is 6.20 Å². The molecule has 0 aliphatic heterocycles. The van der Waals surface area contributed by atoms with E-state index in [4.69, 9.17) is 17.3 Å². The molecule has 0 radical (unpaired) electrons. The minimum absolute atomic E-state index is 0.0924. The van der Waals surface area contributed by atoms with Crippen molar-refractivity contribution >= 4 is 23.3 Å². The van der Waals surface area contributed by atoms with Gasteiger partial charge in [-0.3, -0.25) is 4.79 Å². The van der Waals surface area contributed by atoms with Gasteiger partial charge < -0.3 is 11.1 Å². The van der Waals surface area contributed by atoms with Crippen molar-refractivity contribution < 1.29 is 4.79 Å². The number of carbonyl (C=O) groups excluding carboxylic acids is 1. The minimum atomic E-state index is -0.614. The van der Waals surface area contributed by atoms with E-state index < -0.39 is 5.91 Å². The third-order valence-corrected chi connectivity index (χ3v) is 1.53. The Morgan fingerprint density at radius 1 is 1.62 bits per heavy atom. The van der Waals surface area contributed by atoms with Crippen LogP contribution in [0.3, 0.4) is 0 Å². The highest BCUT2D eigenvalue weighted by Crippen LogP contribution is 2.10. The zero-order valence-corrected chi connectivity index (χ0v) is 7.51. The molecule has 0 aliphatic carbocycles. The summed E-state index contributed by atoms with van der Waals surface area (Å²) < 4.78 is 0. The predicted molar refractivity (Wildman–Crippen MR) is 51.2 cm³/mol. The van der Waals surface area contributed by atoms with Crippen LogP contribution in [-0.4, -0.2) is 10.9 Å². The zero-order valence-electron chi connectivity index (χ0n) is 6.75. The highest BCUT2D eigenvalue weighted by molar-refractivity contribution is 6.30. The molecule has 4 nitrogen and oxygen atoms in total. The maximum absolute atomic E-state index is 10.6. The molecule has 5 heteroatoms. The first kappa shape index (κ1) is 9.54. The highest BCUT2D eigenvalue weighted by Gasteiger charge is 2.01. The summed E-state index contributed by atoms with van der Waals surface area (Å²) in [7, 11) is 0. The van der Waals surface area contributed by atoms with Crippen LogP contribution in [0.15, 0.2) is 30.6 Å². The molecule has 0 aliphatic rings. The lowest BCUT2D eigenvalue weighted by molar-refractivity contribution is -0.114. The van der Waals surface area contributed by atoms with Crippen molar-refractivity contribution in [1.29, 1.82) is 0 Å². The summed E-state index contributed by atoms with van der Waals surface area (Å²) in [5.41, 5.74) is 5.05. The van der Waals surface area contributed by atoms with Crippen LogP contribution in [-0.2, 0) is 4.79 Å². The van der Waals surface area contributed by atoms with Crippen molar-refractivity contribution in [2.45, 2.75) is 0 Å². The van der Waals surface area contributed by atoms with Crippen molar-refractivity contribution in [2.24, 2.45) is 5.73 Å². The van der Waals surface area contributed by atoms with E-state index >= 15 is 0 Å². The maximum atomic E-state index is 10.6. The van der Waals surface area contributed by atoms with Gasteiger partial charge in [0.1, 0.15) is 5.82 Å². The van der Waals surface area contributed by atoms with Gasteiger partial charge in [-0.25, -0.2) is 4.98 Å². The molecule has 0 spiro atoms. The molecule has 1 aromatic heterocycles. The molecule has 1 aromatic rings. The number of hydrogen-bond donors (Lipinski definition) is 2. The molecule has 1 heterocycles. The number of carbonyl (C=O) groups is 1. The second-order valence-electron chi connectivity index (χ2n) is 2.33. The van der Waals surface area contributed by atoms with Gasteiger partial charge in [0.15, 0.2) is 0 Å². The molecule has 0 unspecified atom stereocenters. The van der Waals surface area contributed by atoms with Crippen LogP contribution in [0.2, 0.25) is 5.02 Å². The number of nitrogens with one attached hydrogen (secondary N) is 1. The Morgan fingerprint density at radius 2 is 2.31 bits per heavy atom. The minimum Gasteiger partial charge on any atom is -0.364 e. The largest absolute Gasteiger partial charge is 0.364 e. The van der Waals surface area contributed by atoms with E-state index in [0.717, 1.165) is 0 Å². The van der Waals surface area contributed by atoms with Crippen molar-refractivity contribution in [2.75, 3.05) is 5.32 Å². The fraction of sp³-hybridized carbons (Fsp3) is 0. The van der Waals surface area contributed by atoms with Crippen molar-refractivity contribution in [3.63, 3.8) is 0 Å². The van der Waals surface area contributed by atoms with Gasteiger partial charge in [0.05, 0.1) is 10.7 Å². The normalized spacial score (nSPS) is 9.31. The lowest BCUT2D eigenvalue weighted by Crippen LogP contribution is -2.19. The molecule has 0 fully saturated rings. The Balaban J connectivity index is 2.70. The number of aromatic nitrogens is 1. The van der Waals surface area contributed by atoms with Crippen LogP contribution in [0.25, 0.3) is 0 Å². The number of amides is 1. The van der Waals surface area contributed by atoms with E-state index in [1.165, 1.54) is 6.20 Å². The van der Waals surface area contributed by atoms with E-state index in [1.54, 1.807) is 12.1 Å². The summed E-state index contributed by atoms with van der Waals surface area (Å²) in [5.74, 6) is -0.134. The van der Waals surface area contributed by atoms with Crippen LogP contribution < -0.4 is 11.1 Å². The first-order valence-corrected chi connectivity index (χ1v) is 3.84. The molecule has 0 bridgehead atoms. The van der Waals surface area contributed by atoms with Gasteiger partial charge in [0.2, 0.25) is 0 Å². The molecular weight excluding hydrogens is 190 g/mol. The van der Waals surface area contributed by atoms with E-state index in [-0.39, 0.29) is 5.70 Å². The number of rotatable bonds is 3. The lowest BCUT2D eigenvalue weighted by atomic mass is 10.4. The van der Waals surface area contributed by atoms with Crippen molar-refractivity contribution in [3.8, 4) is 0 Å². The summed E-state index contributed by atoms with van der Waals surface area (Å²) in [6.45, 7) is 3.41. The molecule has 0 saturated carbocycles. The fourth-order valence-electron chi connectivity index (χ4n) is 0.666. The summed E-state index contributed by atoms with van der Waals surface area (Å²) in [6, 6.07) is 3.27. The summed E-state index contributed by atoms with van der Waals surface area (Å²) in [6.07, 6.45) is 1.46. The number of halogens is 1. The highest BCUT2D eigenvalue weighted by atomic mass is 35.5. The molecule has 1 amide bonds. The van der Waals surface area contributed by atoms with Crippen LogP contribution in [0.1, 0.15) is 0 Å². The second kappa shape index (κ2) is 3.91. The van der Waals surface area contributed by atoms with Gasteiger partial charge >= 0.3 is 0 Å². The third kappa shape index (κ3) is 2.76. The molecule has 13 heavy (non-hydrogen) atoms. The van der Waals surface area contributed by atoms with E-state index in [9.17, 15) is 4.79 Å². The van der Waals surface area contributed by atoms with E-state index in [1.807, 2.05) is 0 Å². The molecule has 3 N–H and O–H groups in total. The average molecular weight is 198 g/mol. The predicted octanol–water partition coefficient (Wildman–Crippen LogP) is 1.15. The number of nitrogens with zero attached hydrogens (tertiary/aromatic N) is 1. The number of primary amides is 1. The average Bonchev–Trinajstić information content (AvgIpc) is 2.08. The molecule has 0 saturated heterocycles. The van der Waals surface area contributed by atoms with Gasteiger partial charge in [0.25, 0.3) is 5.91 Å². The maximum Gasteiger partial charge on any atom is 0.264 e. The Hall–Kier alpha value is -1.55.